The van der Waals surface area contributed by atoms with E-state index in [1.165, 1.54) is 27.1 Å². The maximum atomic E-state index is 12.2. The van der Waals surface area contributed by atoms with E-state index < -0.39 is 5.97 Å². The molecule has 0 atom stereocenters. The summed E-state index contributed by atoms with van der Waals surface area (Å²) in [5, 5.41) is 2.32. The molecule has 0 aromatic carbocycles. The van der Waals surface area contributed by atoms with E-state index >= 15 is 0 Å². The summed E-state index contributed by atoms with van der Waals surface area (Å²) >= 11 is 1.38. The fraction of sp³-hybridized carbons (Fsp3) is 0.294. The SMILES string of the molecule is C=CCN(CC=C)C(=O)COC(=O)CCn1cnc2sccc2c1=O. The molecular weight excluding hydrogens is 342 g/mol. The number of esters is 1. The minimum atomic E-state index is -0.553. The van der Waals surface area contributed by atoms with E-state index in [1.807, 2.05) is 0 Å². The van der Waals surface area contributed by atoms with Crippen molar-refractivity contribution in [1.29, 1.82) is 0 Å². The number of hydrogen-bond acceptors (Lipinski definition) is 6. The second-order valence-electron chi connectivity index (χ2n) is 5.17. The van der Waals surface area contributed by atoms with Crippen LogP contribution in [0.3, 0.4) is 0 Å². The van der Waals surface area contributed by atoms with Crippen LogP contribution in [0.2, 0.25) is 0 Å². The summed E-state index contributed by atoms with van der Waals surface area (Å²) in [6.45, 7) is 7.65. The Morgan fingerprint density at radius 3 is 2.72 bits per heavy atom. The Labute approximate surface area is 148 Å². The third-order valence-corrected chi connectivity index (χ3v) is 4.24. The summed E-state index contributed by atoms with van der Waals surface area (Å²) in [7, 11) is 0. The molecule has 0 fully saturated rings. The summed E-state index contributed by atoms with van der Waals surface area (Å²) in [6.07, 6.45) is 4.56. The van der Waals surface area contributed by atoms with Crippen LogP contribution >= 0.6 is 11.3 Å². The molecule has 2 aromatic heterocycles. The molecule has 132 valence electrons. The highest BCUT2D eigenvalue weighted by Crippen LogP contribution is 2.13. The van der Waals surface area contributed by atoms with Crippen molar-refractivity contribution >= 4 is 33.4 Å². The van der Waals surface area contributed by atoms with Crippen molar-refractivity contribution in [3.63, 3.8) is 0 Å². The summed E-state index contributed by atoms with van der Waals surface area (Å²) in [6, 6.07) is 1.70. The van der Waals surface area contributed by atoms with Gasteiger partial charge in [0.15, 0.2) is 6.61 Å². The van der Waals surface area contributed by atoms with Crippen molar-refractivity contribution in [3.05, 3.63) is 53.4 Å². The standard InChI is InChI=1S/C17H19N3O4S/c1-3-7-19(8-4-2)14(21)11-24-15(22)5-9-20-12-18-16-13(17(20)23)6-10-25-16/h3-4,6,10,12H,1-2,5,7-9,11H2. The van der Waals surface area contributed by atoms with Gasteiger partial charge in [0.2, 0.25) is 0 Å². The van der Waals surface area contributed by atoms with E-state index in [-0.39, 0.29) is 31.0 Å². The summed E-state index contributed by atoms with van der Waals surface area (Å²) in [5.74, 6) is -0.880. The minimum absolute atomic E-state index is 0.0204. The number of aryl methyl sites for hydroxylation is 1. The van der Waals surface area contributed by atoms with Gasteiger partial charge in [-0.05, 0) is 11.4 Å². The number of amides is 1. The molecule has 0 N–H and O–H groups in total. The molecule has 7 nitrogen and oxygen atoms in total. The van der Waals surface area contributed by atoms with Crippen LogP contribution in [0.1, 0.15) is 6.42 Å². The van der Waals surface area contributed by atoms with Crippen LogP contribution in [0.15, 0.2) is 47.9 Å². The van der Waals surface area contributed by atoms with E-state index in [0.29, 0.717) is 23.3 Å². The molecule has 0 unspecified atom stereocenters. The Morgan fingerprint density at radius 1 is 1.32 bits per heavy atom. The van der Waals surface area contributed by atoms with E-state index in [2.05, 4.69) is 18.1 Å². The van der Waals surface area contributed by atoms with E-state index in [4.69, 9.17) is 4.74 Å². The largest absolute Gasteiger partial charge is 0.456 e. The molecule has 0 spiro atoms. The molecule has 0 saturated carbocycles. The Bertz CT molecular complexity index is 830. The van der Waals surface area contributed by atoms with Crippen LogP contribution in [0.5, 0.6) is 0 Å². The van der Waals surface area contributed by atoms with Gasteiger partial charge in [-0.3, -0.25) is 19.0 Å². The fourth-order valence-corrected chi connectivity index (χ4v) is 2.88. The van der Waals surface area contributed by atoms with Crippen LogP contribution in [0.4, 0.5) is 0 Å². The molecule has 1 amide bonds. The molecule has 2 rings (SSSR count). The summed E-state index contributed by atoms with van der Waals surface area (Å²) in [5.41, 5.74) is -0.196. The minimum Gasteiger partial charge on any atom is -0.456 e. The van der Waals surface area contributed by atoms with Gasteiger partial charge < -0.3 is 9.64 Å². The summed E-state index contributed by atoms with van der Waals surface area (Å²) in [4.78, 5) is 42.3. The van der Waals surface area contributed by atoms with Gasteiger partial charge in [-0.15, -0.1) is 24.5 Å². The van der Waals surface area contributed by atoms with Gasteiger partial charge in [0, 0.05) is 19.6 Å². The van der Waals surface area contributed by atoms with Gasteiger partial charge in [0.05, 0.1) is 18.1 Å². The van der Waals surface area contributed by atoms with Gasteiger partial charge in [0.25, 0.3) is 11.5 Å². The lowest BCUT2D eigenvalue weighted by Crippen LogP contribution is -2.35. The van der Waals surface area contributed by atoms with Gasteiger partial charge >= 0.3 is 5.97 Å². The Hall–Kier alpha value is -2.74. The monoisotopic (exact) mass is 361 g/mol. The zero-order chi connectivity index (χ0) is 18.2. The summed E-state index contributed by atoms with van der Waals surface area (Å²) < 4.78 is 6.34. The normalized spacial score (nSPS) is 10.4. The maximum Gasteiger partial charge on any atom is 0.308 e. The van der Waals surface area contributed by atoms with Crippen LogP contribution in [0, 0.1) is 0 Å². The molecule has 0 aliphatic carbocycles. The maximum absolute atomic E-state index is 12.2. The van der Waals surface area contributed by atoms with Crippen LogP contribution in [-0.4, -0.2) is 46.0 Å². The molecule has 2 heterocycles. The van der Waals surface area contributed by atoms with Crippen LogP contribution in [-0.2, 0) is 20.9 Å². The lowest BCUT2D eigenvalue weighted by Gasteiger charge is -2.18. The van der Waals surface area contributed by atoms with Gasteiger partial charge in [0.1, 0.15) is 4.83 Å². The predicted molar refractivity (Wildman–Crippen MR) is 96.4 cm³/mol. The fourth-order valence-electron chi connectivity index (χ4n) is 2.16. The molecule has 2 aromatic rings. The van der Waals surface area contributed by atoms with Crippen molar-refractivity contribution in [2.24, 2.45) is 0 Å². The number of hydrogen-bond donors (Lipinski definition) is 0. The number of ether oxygens (including phenoxy) is 1. The zero-order valence-electron chi connectivity index (χ0n) is 13.7. The molecule has 0 saturated heterocycles. The number of carbonyl (C=O) groups is 2. The molecule has 0 aliphatic heterocycles. The highest BCUT2D eigenvalue weighted by Gasteiger charge is 2.14. The topological polar surface area (TPSA) is 81.5 Å². The first kappa shape index (κ1) is 18.6. The van der Waals surface area contributed by atoms with Gasteiger partial charge in [-0.1, -0.05) is 12.2 Å². The highest BCUT2D eigenvalue weighted by atomic mass is 32.1. The first-order valence-electron chi connectivity index (χ1n) is 7.64. The van der Waals surface area contributed by atoms with Crippen molar-refractivity contribution in [2.75, 3.05) is 19.7 Å². The zero-order valence-corrected chi connectivity index (χ0v) is 14.5. The first-order chi connectivity index (χ1) is 12.1. The molecule has 0 radical (unpaired) electrons. The molecule has 0 bridgehead atoms. The molecule has 25 heavy (non-hydrogen) atoms. The average molecular weight is 361 g/mol. The quantitative estimate of drug-likeness (QED) is 0.500. The van der Waals surface area contributed by atoms with Gasteiger partial charge in [-0.2, -0.15) is 0 Å². The average Bonchev–Trinajstić information content (AvgIpc) is 3.08. The Kier molecular flexibility index (Phi) is 6.64. The highest BCUT2D eigenvalue weighted by molar-refractivity contribution is 7.16. The second kappa shape index (κ2) is 8.93. The number of carbonyl (C=O) groups excluding carboxylic acids is 2. The third-order valence-electron chi connectivity index (χ3n) is 3.42. The second-order valence-corrected chi connectivity index (χ2v) is 6.06. The van der Waals surface area contributed by atoms with Crippen LogP contribution < -0.4 is 5.56 Å². The van der Waals surface area contributed by atoms with E-state index in [9.17, 15) is 14.4 Å². The van der Waals surface area contributed by atoms with Crippen molar-refractivity contribution < 1.29 is 14.3 Å². The lowest BCUT2D eigenvalue weighted by atomic mass is 10.4. The van der Waals surface area contributed by atoms with Gasteiger partial charge in [-0.25, -0.2) is 4.98 Å². The molecule has 0 aliphatic rings. The van der Waals surface area contributed by atoms with Crippen molar-refractivity contribution in [1.82, 2.24) is 14.5 Å². The number of thiophene rings is 1. The number of aromatic nitrogens is 2. The molecular formula is C17H19N3O4S. The molecule has 8 heteroatoms. The first-order valence-corrected chi connectivity index (χ1v) is 8.52. The number of rotatable bonds is 9. The van der Waals surface area contributed by atoms with Crippen molar-refractivity contribution in [2.45, 2.75) is 13.0 Å². The Balaban J connectivity index is 1.86. The van der Waals surface area contributed by atoms with E-state index in [0.717, 1.165) is 0 Å². The Morgan fingerprint density at radius 2 is 2.04 bits per heavy atom. The van der Waals surface area contributed by atoms with Crippen LogP contribution in [0.25, 0.3) is 10.2 Å². The number of fused-ring (bicyclic) bond motifs is 1. The van der Waals surface area contributed by atoms with Crippen molar-refractivity contribution in [3.8, 4) is 0 Å². The lowest BCUT2D eigenvalue weighted by molar-refractivity contribution is -0.151. The smallest absolute Gasteiger partial charge is 0.308 e. The predicted octanol–water partition coefficient (Wildman–Crippen LogP) is 1.59. The number of nitrogens with zero attached hydrogens (tertiary/aromatic N) is 3. The van der Waals surface area contributed by atoms with E-state index in [1.54, 1.807) is 23.6 Å². The third kappa shape index (κ3) is 4.87.